The van der Waals surface area contributed by atoms with E-state index in [4.69, 9.17) is 10.7 Å². The highest BCUT2D eigenvalue weighted by molar-refractivity contribution is 5.34. The van der Waals surface area contributed by atoms with E-state index in [1.807, 2.05) is 0 Å². The van der Waals surface area contributed by atoms with Gasteiger partial charge in [0.15, 0.2) is 0 Å². The van der Waals surface area contributed by atoms with Crippen LogP contribution in [0.1, 0.15) is 30.9 Å². The molecule has 2 rings (SSSR count). The summed E-state index contributed by atoms with van der Waals surface area (Å²) >= 11 is 0. The number of rotatable bonds is 4. The topological polar surface area (TPSA) is 35.2 Å². The first kappa shape index (κ1) is 9.69. The minimum Gasteiger partial charge on any atom is -0.304 e. The summed E-state index contributed by atoms with van der Waals surface area (Å²) in [5, 5.41) is 0. The summed E-state index contributed by atoms with van der Waals surface area (Å²) in [5.74, 6) is 5.16. The third-order valence-electron chi connectivity index (χ3n) is 3.16. The summed E-state index contributed by atoms with van der Waals surface area (Å²) < 4.78 is 0. The first-order chi connectivity index (χ1) is 6.80. The van der Waals surface area contributed by atoms with Gasteiger partial charge in [-0.2, -0.15) is 0 Å². The van der Waals surface area contributed by atoms with Crippen LogP contribution in [0.25, 0.3) is 0 Å². The van der Waals surface area contributed by atoms with Crippen LogP contribution in [0.3, 0.4) is 0 Å². The number of hydrogen-bond acceptors (Lipinski definition) is 2. The van der Waals surface area contributed by atoms with Crippen LogP contribution in [-0.4, -0.2) is 6.61 Å². The molecule has 1 aromatic carbocycles. The Bertz CT molecular complexity index is 318. The summed E-state index contributed by atoms with van der Waals surface area (Å²) in [4.78, 5) is 4.80. The van der Waals surface area contributed by atoms with Crippen molar-refractivity contribution in [1.29, 1.82) is 0 Å². The maximum absolute atomic E-state index is 5.16. The van der Waals surface area contributed by atoms with Gasteiger partial charge in [0.2, 0.25) is 0 Å². The highest BCUT2D eigenvalue weighted by atomic mass is 16.6. The summed E-state index contributed by atoms with van der Waals surface area (Å²) in [5.41, 5.74) is 3.02. The molecule has 2 heteroatoms. The lowest BCUT2D eigenvalue weighted by Gasteiger charge is -2.14. The van der Waals surface area contributed by atoms with Crippen molar-refractivity contribution >= 4 is 0 Å². The highest BCUT2D eigenvalue weighted by Crippen LogP contribution is 2.48. The molecule has 2 N–H and O–H groups in total. The lowest BCUT2D eigenvalue weighted by Crippen LogP contribution is -2.18. The van der Waals surface area contributed by atoms with Crippen LogP contribution in [-0.2, 0) is 16.7 Å². The molecule has 0 aromatic heterocycles. The first-order valence-corrected chi connectivity index (χ1v) is 5.22. The molecule has 1 aromatic rings. The molecule has 0 atom stereocenters. The largest absolute Gasteiger partial charge is 0.304 e. The molecule has 0 spiro atoms. The van der Waals surface area contributed by atoms with Gasteiger partial charge in [-0.05, 0) is 30.4 Å². The Kier molecular flexibility index (Phi) is 2.57. The van der Waals surface area contributed by atoms with Gasteiger partial charge in [-0.3, -0.25) is 0 Å². The van der Waals surface area contributed by atoms with Gasteiger partial charge < -0.3 is 4.84 Å². The van der Waals surface area contributed by atoms with Crippen molar-refractivity contribution in [3.8, 4) is 0 Å². The van der Waals surface area contributed by atoms with Gasteiger partial charge in [0.1, 0.15) is 0 Å². The maximum atomic E-state index is 5.16. The van der Waals surface area contributed by atoms with Crippen LogP contribution in [0.4, 0.5) is 0 Å². The Morgan fingerprint density at radius 3 is 2.79 bits per heavy atom. The SMILES string of the molecule is CCc1cccc(C2(CON)CC2)c1. The summed E-state index contributed by atoms with van der Waals surface area (Å²) in [6.07, 6.45) is 3.50. The van der Waals surface area contributed by atoms with Gasteiger partial charge in [-0.15, -0.1) is 0 Å². The van der Waals surface area contributed by atoms with Crippen LogP contribution in [0.2, 0.25) is 0 Å². The van der Waals surface area contributed by atoms with E-state index in [1.165, 1.54) is 24.0 Å². The molecule has 0 saturated heterocycles. The fourth-order valence-electron chi connectivity index (χ4n) is 1.95. The summed E-state index contributed by atoms with van der Waals surface area (Å²) in [7, 11) is 0. The fraction of sp³-hybridized carbons (Fsp3) is 0.500. The number of nitrogens with two attached hydrogens (primary N) is 1. The Hall–Kier alpha value is -0.860. The molecule has 76 valence electrons. The summed E-state index contributed by atoms with van der Waals surface area (Å²) in [6, 6.07) is 8.77. The third kappa shape index (κ3) is 1.68. The quantitative estimate of drug-likeness (QED) is 0.740. The van der Waals surface area contributed by atoms with E-state index in [9.17, 15) is 0 Å². The van der Waals surface area contributed by atoms with E-state index >= 15 is 0 Å². The molecule has 14 heavy (non-hydrogen) atoms. The van der Waals surface area contributed by atoms with E-state index < -0.39 is 0 Å². The molecule has 1 saturated carbocycles. The molecule has 0 unspecified atom stereocenters. The van der Waals surface area contributed by atoms with Crippen LogP contribution >= 0.6 is 0 Å². The monoisotopic (exact) mass is 191 g/mol. The zero-order chi connectivity index (χ0) is 10.0. The Morgan fingerprint density at radius 2 is 2.21 bits per heavy atom. The predicted octanol–water partition coefficient (Wildman–Crippen LogP) is 2.17. The minimum absolute atomic E-state index is 0.236. The van der Waals surface area contributed by atoms with Crippen molar-refractivity contribution in [3.05, 3.63) is 35.4 Å². The molecule has 1 aliphatic rings. The lowest BCUT2D eigenvalue weighted by atomic mass is 9.95. The molecule has 0 aliphatic heterocycles. The Labute approximate surface area is 85.0 Å². The normalized spacial score (nSPS) is 18.1. The maximum Gasteiger partial charge on any atom is 0.0775 e. The summed E-state index contributed by atoms with van der Waals surface area (Å²) in [6.45, 7) is 2.83. The van der Waals surface area contributed by atoms with E-state index in [0.717, 1.165) is 6.42 Å². The van der Waals surface area contributed by atoms with Crippen molar-refractivity contribution in [2.24, 2.45) is 5.90 Å². The van der Waals surface area contributed by atoms with Gasteiger partial charge in [0, 0.05) is 5.41 Å². The number of benzene rings is 1. The van der Waals surface area contributed by atoms with Crippen molar-refractivity contribution < 1.29 is 4.84 Å². The number of aryl methyl sites for hydroxylation is 1. The van der Waals surface area contributed by atoms with Gasteiger partial charge in [-0.25, -0.2) is 5.90 Å². The fourth-order valence-corrected chi connectivity index (χ4v) is 1.95. The average molecular weight is 191 g/mol. The molecule has 0 bridgehead atoms. The molecule has 1 aliphatic carbocycles. The zero-order valence-electron chi connectivity index (χ0n) is 8.62. The second-order valence-corrected chi connectivity index (χ2v) is 4.15. The van der Waals surface area contributed by atoms with Crippen molar-refractivity contribution in [3.63, 3.8) is 0 Å². The van der Waals surface area contributed by atoms with Crippen molar-refractivity contribution in [2.45, 2.75) is 31.6 Å². The molecule has 0 heterocycles. The standard InChI is InChI=1S/C12H17NO/c1-2-10-4-3-5-11(8-10)12(6-7-12)9-14-13/h3-5,8H,2,6-7,9,13H2,1H3. The number of hydrogen-bond donors (Lipinski definition) is 1. The van der Waals surface area contributed by atoms with Gasteiger partial charge in [-0.1, -0.05) is 31.2 Å². The second kappa shape index (κ2) is 3.71. The second-order valence-electron chi connectivity index (χ2n) is 4.15. The van der Waals surface area contributed by atoms with E-state index in [0.29, 0.717) is 6.61 Å². The molecular formula is C12H17NO. The first-order valence-electron chi connectivity index (χ1n) is 5.22. The third-order valence-corrected chi connectivity index (χ3v) is 3.16. The molecule has 1 fully saturated rings. The molecular weight excluding hydrogens is 174 g/mol. The smallest absolute Gasteiger partial charge is 0.0775 e. The molecule has 0 radical (unpaired) electrons. The average Bonchev–Trinajstić information content (AvgIpc) is 3.00. The lowest BCUT2D eigenvalue weighted by molar-refractivity contribution is 0.116. The van der Waals surface area contributed by atoms with Crippen molar-refractivity contribution in [2.75, 3.05) is 6.61 Å². The van der Waals surface area contributed by atoms with Crippen LogP contribution in [0.5, 0.6) is 0 Å². The van der Waals surface area contributed by atoms with Gasteiger partial charge in [0.05, 0.1) is 6.61 Å². The molecule has 0 amide bonds. The van der Waals surface area contributed by atoms with E-state index in [1.54, 1.807) is 0 Å². The predicted molar refractivity (Wildman–Crippen MR) is 56.9 cm³/mol. The van der Waals surface area contributed by atoms with E-state index in [2.05, 4.69) is 31.2 Å². The molecule has 2 nitrogen and oxygen atoms in total. The zero-order valence-corrected chi connectivity index (χ0v) is 8.62. The van der Waals surface area contributed by atoms with Crippen LogP contribution in [0.15, 0.2) is 24.3 Å². The van der Waals surface area contributed by atoms with Crippen LogP contribution < -0.4 is 5.90 Å². The Balaban J connectivity index is 2.23. The minimum atomic E-state index is 0.236. The highest BCUT2D eigenvalue weighted by Gasteiger charge is 2.44. The van der Waals surface area contributed by atoms with Crippen molar-refractivity contribution in [1.82, 2.24) is 0 Å². The Morgan fingerprint density at radius 1 is 1.43 bits per heavy atom. The van der Waals surface area contributed by atoms with E-state index in [-0.39, 0.29) is 5.41 Å². The van der Waals surface area contributed by atoms with Gasteiger partial charge in [0.25, 0.3) is 0 Å². The van der Waals surface area contributed by atoms with Crippen LogP contribution in [0, 0.1) is 0 Å². The van der Waals surface area contributed by atoms with Gasteiger partial charge >= 0.3 is 0 Å².